The van der Waals surface area contributed by atoms with Gasteiger partial charge in [0.15, 0.2) is 12.4 Å². The summed E-state index contributed by atoms with van der Waals surface area (Å²) in [4.78, 5) is 8.89. The van der Waals surface area contributed by atoms with Crippen LogP contribution in [0.3, 0.4) is 0 Å². The number of hydrogen-bond donors (Lipinski definition) is 0. The first-order chi connectivity index (χ1) is 7.10. The predicted octanol–water partition coefficient (Wildman–Crippen LogP) is 0.703. The van der Waals surface area contributed by atoms with Gasteiger partial charge in [-0.25, -0.2) is 4.57 Å². The highest BCUT2D eigenvalue weighted by Crippen LogP contribution is 1.94. The number of aliphatic carboxylic acids is 1. The maximum atomic E-state index is 8.89. The van der Waals surface area contributed by atoms with Crippen molar-refractivity contribution in [2.45, 2.75) is 40.2 Å². The van der Waals surface area contributed by atoms with Crippen LogP contribution in [0.15, 0.2) is 24.5 Å². The van der Waals surface area contributed by atoms with E-state index in [0.29, 0.717) is 0 Å². The van der Waals surface area contributed by atoms with Crippen LogP contribution in [0.5, 0.6) is 0 Å². The zero-order valence-electron chi connectivity index (χ0n) is 9.69. The Morgan fingerprint density at radius 2 is 2.07 bits per heavy atom. The molecule has 0 aliphatic rings. The summed E-state index contributed by atoms with van der Waals surface area (Å²) in [6, 6.07) is 4.29. The van der Waals surface area contributed by atoms with E-state index >= 15 is 0 Å². The van der Waals surface area contributed by atoms with Gasteiger partial charge in [-0.15, -0.1) is 0 Å². The molecule has 1 aromatic heterocycles. The third-order valence-electron chi connectivity index (χ3n) is 1.81. The highest BCUT2D eigenvalue weighted by atomic mass is 16.4. The molecule has 0 aliphatic carbocycles. The number of aromatic nitrogens is 1. The molecule has 0 N–H and O–H groups in total. The maximum Gasteiger partial charge on any atom is 0.171 e. The Balaban J connectivity index is 0.000000423. The average Bonchev–Trinajstić information content (AvgIpc) is 2.18. The van der Waals surface area contributed by atoms with Crippen LogP contribution in [0.1, 0.15) is 32.8 Å². The molecule has 1 heterocycles. The first-order valence-corrected chi connectivity index (χ1v) is 5.25. The Kier molecular flexibility index (Phi) is 7.24. The van der Waals surface area contributed by atoms with Crippen molar-refractivity contribution in [2.75, 3.05) is 0 Å². The standard InChI is InChI=1S/C10H16N.C2H4O2/c1-3-7-11-8-5-6-10(4-2)9-11;1-2(3)4/h5-6,8-9H,3-4,7H2,1-2H3;1H3,(H,3,4)/q+1;/p-1. The zero-order chi connectivity index (χ0) is 11.7. The van der Waals surface area contributed by atoms with Crippen molar-refractivity contribution in [3.05, 3.63) is 30.1 Å². The number of pyridine rings is 1. The first-order valence-electron chi connectivity index (χ1n) is 5.25. The molecule has 0 radical (unpaired) electrons. The molecular formula is C12H19NO2. The van der Waals surface area contributed by atoms with E-state index in [1.54, 1.807) is 0 Å². The van der Waals surface area contributed by atoms with Crippen molar-refractivity contribution in [3.63, 3.8) is 0 Å². The van der Waals surface area contributed by atoms with Crippen molar-refractivity contribution in [2.24, 2.45) is 0 Å². The molecule has 0 saturated carbocycles. The van der Waals surface area contributed by atoms with Crippen molar-refractivity contribution in [1.82, 2.24) is 0 Å². The van der Waals surface area contributed by atoms with E-state index in [1.165, 1.54) is 12.0 Å². The van der Waals surface area contributed by atoms with Gasteiger partial charge in [0.05, 0.1) is 0 Å². The van der Waals surface area contributed by atoms with Gasteiger partial charge >= 0.3 is 0 Å². The molecule has 0 aromatic carbocycles. The Labute approximate surface area is 91.4 Å². The molecule has 1 rings (SSSR count). The Hall–Kier alpha value is -1.38. The van der Waals surface area contributed by atoms with Gasteiger partial charge in [0.1, 0.15) is 6.54 Å². The van der Waals surface area contributed by atoms with E-state index in [0.717, 1.165) is 19.9 Å². The minimum absolute atomic E-state index is 0.972. The fourth-order valence-corrected chi connectivity index (χ4v) is 1.18. The number of hydrogen-bond acceptors (Lipinski definition) is 2. The molecule has 0 atom stereocenters. The van der Waals surface area contributed by atoms with E-state index < -0.39 is 5.97 Å². The van der Waals surface area contributed by atoms with Gasteiger partial charge in [-0.1, -0.05) is 13.8 Å². The van der Waals surface area contributed by atoms with Crippen molar-refractivity contribution >= 4 is 5.97 Å². The van der Waals surface area contributed by atoms with E-state index in [9.17, 15) is 0 Å². The van der Waals surface area contributed by atoms with Crippen LogP contribution in [0.25, 0.3) is 0 Å². The van der Waals surface area contributed by atoms with Gasteiger partial charge in [0.2, 0.25) is 0 Å². The topological polar surface area (TPSA) is 44.0 Å². The molecule has 0 bridgehead atoms. The minimum Gasteiger partial charge on any atom is -0.550 e. The van der Waals surface area contributed by atoms with Crippen LogP contribution in [-0.2, 0) is 17.8 Å². The lowest BCUT2D eigenvalue weighted by atomic mass is 10.2. The van der Waals surface area contributed by atoms with E-state index in [4.69, 9.17) is 9.90 Å². The quantitative estimate of drug-likeness (QED) is 0.688. The monoisotopic (exact) mass is 209 g/mol. The second kappa shape index (κ2) is 7.97. The third-order valence-corrected chi connectivity index (χ3v) is 1.81. The summed E-state index contributed by atoms with van der Waals surface area (Å²) < 4.78 is 2.25. The molecule has 3 nitrogen and oxygen atoms in total. The van der Waals surface area contributed by atoms with E-state index in [-0.39, 0.29) is 0 Å². The molecule has 1 aromatic rings. The van der Waals surface area contributed by atoms with Crippen molar-refractivity contribution in [3.8, 4) is 0 Å². The Morgan fingerprint density at radius 1 is 1.47 bits per heavy atom. The Bertz CT molecular complexity index is 293. The molecule has 3 heteroatoms. The summed E-state index contributed by atoms with van der Waals surface area (Å²) in [7, 11) is 0. The molecule has 84 valence electrons. The van der Waals surface area contributed by atoms with Crippen LogP contribution >= 0.6 is 0 Å². The second-order valence-electron chi connectivity index (χ2n) is 3.30. The normalized spacial score (nSPS) is 9.00. The van der Waals surface area contributed by atoms with Crippen LogP contribution in [-0.4, -0.2) is 5.97 Å². The molecule has 0 saturated heterocycles. The average molecular weight is 209 g/mol. The summed E-state index contributed by atoms with van der Waals surface area (Å²) in [5, 5.41) is 8.89. The molecule has 0 aliphatic heterocycles. The van der Waals surface area contributed by atoms with Gasteiger partial charge in [-0.05, 0) is 19.4 Å². The summed E-state index contributed by atoms with van der Waals surface area (Å²) >= 11 is 0. The largest absolute Gasteiger partial charge is 0.550 e. The summed E-state index contributed by atoms with van der Waals surface area (Å²) in [5.41, 5.74) is 1.42. The third kappa shape index (κ3) is 7.67. The van der Waals surface area contributed by atoms with E-state index in [2.05, 4.69) is 42.9 Å². The van der Waals surface area contributed by atoms with Crippen molar-refractivity contribution in [1.29, 1.82) is 0 Å². The summed E-state index contributed by atoms with van der Waals surface area (Å²) in [6.07, 6.45) is 6.69. The first kappa shape index (κ1) is 13.6. The lowest BCUT2D eigenvalue weighted by Crippen LogP contribution is -2.32. The van der Waals surface area contributed by atoms with Gasteiger partial charge in [0, 0.05) is 24.0 Å². The lowest BCUT2D eigenvalue weighted by molar-refractivity contribution is -0.697. The number of carboxylic acids is 1. The predicted molar refractivity (Wildman–Crippen MR) is 57.0 cm³/mol. The number of nitrogens with zero attached hydrogens (tertiary/aromatic N) is 1. The van der Waals surface area contributed by atoms with Crippen molar-refractivity contribution < 1.29 is 14.5 Å². The lowest BCUT2D eigenvalue weighted by Gasteiger charge is -1.95. The van der Waals surface area contributed by atoms with Gasteiger partial charge < -0.3 is 9.90 Å². The fraction of sp³-hybridized carbons (Fsp3) is 0.500. The van der Waals surface area contributed by atoms with Crippen LogP contribution in [0.4, 0.5) is 0 Å². The van der Waals surface area contributed by atoms with Crippen LogP contribution in [0, 0.1) is 0 Å². The SMILES string of the molecule is CC(=O)[O-].CCC[n+]1cccc(CC)c1. The number of carbonyl (C=O) groups excluding carboxylic acids is 1. The second-order valence-corrected chi connectivity index (χ2v) is 3.30. The maximum absolute atomic E-state index is 8.89. The molecule has 0 spiro atoms. The van der Waals surface area contributed by atoms with Gasteiger partial charge in [0.25, 0.3) is 0 Å². The summed E-state index contributed by atoms with van der Waals surface area (Å²) in [6.45, 7) is 6.49. The van der Waals surface area contributed by atoms with E-state index in [1.807, 2.05) is 0 Å². The molecule has 15 heavy (non-hydrogen) atoms. The molecule has 0 unspecified atom stereocenters. The number of carboxylic acid groups (broad SMARTS) is 1. The summed E-state index contributed by atoms with van der Waals surface area (Å²) in [5.74, 6) is -1.08. The fourth-order valence-electron chi connectivity index (χ4n) is 1.18. The van der Waals surface area contributed by atoms with Gasteiger partial charge in [-0.3, -0.25) is 0 Å². The van der Waals surface area contributed by atoms with Crippen LogP contribution < -0.4 is 9.67 Å². The molecule has 0 amide bonds. The Morgan fingerprint density at radius 3 is 2.53 bits per heavy atom. The molecule has 0 fully saturated rings. The van der Waals surface area contributed by atoms with Gasteiger partial charge in [-0.2, -0.15) is 0 Å². The number of aryl methyl sites for hydroxylation is 2. The highest BCUT2D eigenvalue weighted by molar-refractivity contribution is 5.60. The smallest absolute Gasteiger partial charge is 0.171 e. The minimum atomic E-state index is -1.08. The molecular weight excluding hydrogens is 190 g/mol. The van der Waals surface area contributed by atoms with Crippen LogP contribution in [0.2, 0.25) is 0 Å². The number of rotatable bonds is 3. The highest BCUT2D eigenvalue weighted by Gasteiger charge is 1.97. The number of carbonyl (C=O) groups is 1. The zero-order valence-corrected chi connectivity index (χ0v) is 9.69.